The molecule has 0 aliphatic rings. The molecule has 0 aliphatic heterocycles. The van der Waals surface area contributed by atoms with Gasteiger partial charge < -0.3 is 5.73 Å². The van der Waals surface area contributed by atoms with Gasteiger partial charge in [-0.1, -0.05) is 12.1 Å². The SMILES string of the molecule is CN.Cl.c1ccc(-c2cccnc2-c2ccccn2)nc1. The minimum atomic E-state index is 0. The van der Waals surface area contributed by atoms with Crippen molar-refractivity contribution in [3.8, 4) is 22.6 Å². The standard InChI is InChI=1S/C15H11N3.CH5N.ClH/c1-3-9-16-13(7-1)12-6-5-11-18-15(12)14-8-2-4-10-17-14;1-2;/h1-11H;2H2,1H3;1H. The molecule has 0 aliphatic carbocycles. The molecular formula is C16H17ClN4. The molecule has 0 aromatic carbocycles. The van der Waals surface area contributed by atoms with E-state index < -0.39 is 0 Å². The summed E-state index contributed by atoms with van der Waals surface area (Å²) in [5, 5.41) is 0. The van der Waals surface area contributed by atoms with E-state index in [2.05, 4.69) is 20.7 Å². The largest absolute Gasteiger partial charge is 0.333 e. The van der Waals surface area contributed by atoms with Gasteiger partial charge in [0.15, 0.2) is 0 Å². The average molecular weight is 301 g/mol. The molecule has 21 heavy (non-hydrogen) atoms. The van der Waals surface area contributed by atoms with E-state index in [9.17, 15) is 0 Å². The van der Waals surface area contributed by atoms with Crippen molar-refractivity contribution in [2.45, 2.75) is 0 Å². The first kappa shape index (κ1) is 16.8. The molecule has 0 amide bonds. The van der Waals surface area contributed by atoms with Crippen LogP contribution in [0.25, 0.3) is 22.6 Å². The Morgan fingerprint density at radius 3 is 1.81 bits per heavy atom. The molecule has 0 unspecified atom stereocenters. The highest BCUT2D eigenvalue weighted by atomic mass is 35.5. The number of nitrogens with two attached hydrogens (primary N) is 1. The van der Waals surface area contributed by atoms with Crippen LogP contribution in [0.4, 0.5) is 0 Å². The molecule has 3 heterocycles. The molecule has 3 aromatic heterocycles. The summed E-state index contributed by atoms with van der Waals surface area (Å²) in [6.45, 7) is 0. The molecule has 2 N–H and O–H groups in total. The lowest BCUT2D eigenvalue weighted by Crippen LogP contribution is -1.92. The molecule has 3 aromatic rings. The Balaban J connectivity index is 0.000000706. The molecule has 0 fully saturated rings. The zero-order valence-electron chi connectivity index (χ0n) is 11.7. The second-order valence-electron chi connectivity index (χ2n) is 3.83. The third-order valence-electron chi connectivity index (χ3n) is 2.66. The number of nitrogens with zero attached hydrogens (tertiary/aromatic N) is 3. The van der Waals surface area contributed by atoms with Crippen molar-refractivity contribution < 1.29 is 0 Å². The van der Waals surface area contributed by atoms with E-state index in [0.29, 0.717) is 0 Å². The third-order valence-corrected chi connectivity index (χ3v) is 2.66. The fraction of sp³-hybridized carbons (Fsp3) is 0.0625. The van der Waals surface area contributed by atoms with Crippen molar-refractivity contribution >= 4 is 12.4 Å². The highest BCUT2D eigenvalue weighted by Gasteiger charge is 2.09. The summed E-state index contributed by atoms with van der Waals surface area (Å²) in [5.41, 5.74) is 8.12. The van der Waals surface area contributed by atoms with Crippen LogP contribution in [-0.2, 0) is 0 Å². The molecule has 0 saturated heterocycles. The van der Waals surface area contributed by atoms with Crippen LogP contribution in [0.15, 0.2) is 67.1 Å². The molecule has 0 saturated carbocycles. The van der Waals surface area contributed by atoms with Crippen LogP contribution < -0.4 is 5.73 Å². The average Bonchev–Trinajstić information content (AvgIpc) is 2.58. The summed E-state index contributed by atoms with van der Waals surface area (Å²) in [7, 11) is 1.50. The Morgan fingerprint density at radius 2 is 1.24 bits per heavy atom. The highest BCUT2D eigenvalue weighted by molar-refractivity contribution is 5.85. The first-order valence-electron chi connectivity index (χ1n) is 6.31. The Morgan fingerprint density at radius 1 is 0.667 bits per heavy atom. The number of rotatable bonds is 2. The van der Waals surface area contributed by atoms with E-state index in [0.717, 1.165) is 22.6 Å². The first-order valence-corrected chi connectivity index (χ1v) is 6.31. The van der Waals surface area contributed by atoms with Crippen LogP contribution in [0.3, 0.4) is 0 Å². The van der Waals surface area contributed by atoms with Crippen molar-refractivity contribution in [1.29, 1.82) is 0 Å². The lowest BCUT2D eigenvalue weighted by atomic mass is 10.1. The molecule has 0 bridgehead atoms. The van der Waals surface area contributed by atoms with E-state index in [1.807, 2.05) is 48.5 Å². The van der Waals surface area contributed by atoms with E-state index in [4.69, 9.17) is 0 Å². The number of aromatic nitrogens is 3. The van der Waals surface area contributed by atoms with E-state index in [1.165, 1.54) is 7.05 Å². The Labute approximate surface area is 130 Å². The van der Waals surface area contributed by atoms with Crippen LogP contribution in [0.5, 0.6) is 0 Å². The van der Waals surface area contributed by atoms with E-state index in [1.54, 1.807) is 18.6 Å². The monoisotopic (exact) mass is 300 g/mol. The smallest absolute Gasteiger partial charge is 0.0980 e. The van der Waals surface area contributed by atoms with Crippen LogP contribution in [0.2, 0.25) is 0 Å². The lowest BCUT2D eigenvalue weighted by Gasteiger charge is -2.06. The van der Waals surface area contributed by atoms with Crippen LogP contribution in [-0.4, -0.2) is 22.0 Å². The number of pyridine rings is 3. The molecule has 0 spiro atoms. The molecular weight excluding hydrogens is 284 g/mol. The van der Waals surface area contributed by atoms with Gasteiger partial charge in [0.2, 0.25) is 0 Å². The van der Waals surface area contributed by atoms with Gasteiger partial charge in [-0.15, -0.1) is 12.4 Å². The van der Waals surface area contributed by atoms with E-state index >= 15 is 0 Å². The Hall–Kier alpha value is -2.30. The summed E-state index contributed by atoms with van der Waals surface area (Å²) in [6.07, 6.45) is 5.33. The first-order chi connectivity index (χ1) is 9.95. The summed E-state index contributed by atoms with van der Waals surface area (Å²) in [6, 6.07) is 15.6. The maximum Gasteiger partial charge on any atom is 0.0980 e. The predicted octanol–water partition coefficient (Wildman–Crippen LogP) is 3.20. The molecule has 0 radical (unpaired) electrons. The molecule has 3 rings (SSSR count). The minimum Gasteiger partial charge on any atom is -0.333 e. The van der Waals surface area contributed by atoms with Gasteiger partial charge in [0.1, 0.15) is 0 Å². The minimum absolute atomic E-state index is 0. The molecule has 108 valence electrons. The summed E-state index contributed by atoms with van der Waals surface area (Å²) in [5.74, 6) is 0. The van der Waals surface area contributed by atoms with Gasteiger partial charge in [-0.05, 0) is 43.4 Å². The fourth-order valence-corrected chi connectivity index (χ4v) is 1.84. The predicted molar refractivity (Wildman–Crippen MR) is 88.1 cm³/mol. The summed E-state index contributed by atoms with van der Waals surface area (Å²) >= 11 is 0. The van der Waals surface area contributed by atoms with Crippen molar-refractivity contribution in [2.24, 2.45) is 5.73 Å². The highest BCUT2D eigenvalue weighted by Crippen LogP contribution is 2.26. The number of hydrogen-bond acceptors (Lipinski definition) is 4. The number of halogens is 1. The normalized spacial score (nSPS) is 9.05. The van der Waals surface area contributed by atoms with Crippen molar-refractivity contribution in [2.75, 3.05) is 7.05 Å². The second kappa shape index (κ2) is 8.79. The van der Waals surface area contributed by atoms with Gasteiger partial charge >= 0.3 is 0 Å². The molecule has 0 atom stereocenters. The zero-order valence-corrected chi connectivity index (χ0v) is 12.5. The maximum atomic E-state index is 4.50. The second-order valence-corrected chi connectivity index (χ2v) is 3.83. The fourth-order valence-electron chi connectivity index (χ4n) is 1.84. The van der Waals surface area contributed by atoms with Crippen LogP contribution in [0.1, 0.15) is 0 Å². The number of hydrogen-bond donors (Lipinski definition) is 1. The molecule has 5 heteroatoms. The van der Waals surface area contributed by atoms with Gasteiger partial charge in [-0.2, -0.15) is 0 Å². The van der Waals surface area contributed by atoms with Crippen LogP contribution in [0, 0.1) is 0 Å². The quantitative estimate of drug-likeness (QED) is 0.789. The van der Waals surface area contributed by atoms with Crippen LogP contribution >= 0.6 is 12.4 Å². The van der Waals surface area contributed by atoms with Gasteiger partial charge in [0, 0.05) is 24.2 Å². The van der Waals surface area contributed by atoms with Gasteiger partial charge in [0.05, 0.1) is 17.1 Å². The lowest BCUT2D eigenvalue weighted by molar-refractivity contribution is 1.23. The zero-order chi connectivity index (χ0) is 14.2. The van der Waals surface area contributed by atoms with Crippen molar-refractivity contribution in [3.63, 3.8) is 0 Å². The molecule has 4 nitrogen and oxygen atoms in total. The van der Waals surface area contributed by atoms with Gasteiger partial charge in [-0.25, -0.2) is 0 Å². The summed E-state index contributed by atoms with van der Waals surface area (Å²) in [4.78, 5) is 13.1. The third kappa shape index (κ3) is 4.08. The van der Waals surface area contributed by atoms with E-state index in [-0.39, 0.29) is 12.4 Å². The summed E-state index contributed by atoms with van der Waals surface area (Å²) < 4.78 is 0. The Kier molecular flexibility index (Phi) is 7.01. The topological polar surface area (TPSA) is 64.7 Å². The maximum absolute atomic E-state index is 4.50. The van der Waals surface area contributed by atoms with Crippen molar-refractivity contribution in [3.05, 3.63) is 67.1 Å². The Bertz CT molecular complexity index is 586. The van der Waals surface area contributed by atoms with Gasteiger partial charge in [0.25, 0.3) is 0 Å². The van der Waals surface area contributed by atoms with Gasteiger partial charge in [-0.3, -0.25) is 15.0 Å². The van der Waals surface area contributed by atoms with Crippen molar-refractivity contribution in [1.82, 2.24) is 15.0 Å².